The first-order chi connectivity index (χ1) is 11.2. The molecule has 2 saturated heterocycles. The molecule has 1 aliphatic carbocycles. The van der Waals surface area contributed by atoms with Crippen LogP contribution in [-0.4, -0.2) is 46.5 Å². The molecule has 1 aromatic rings. The lowest BCUT2D eigenvalue weighted by molar-refractivity contribution is -0.120. The number of hydrogen-bond donors (Lipinski definition) is 2. The van der Waals surface area contributed by atoms with E-state index in [2.05, 4.69) is 15.6 Å². The Labute approximate surface area is 135 Å². The fourth-order valence-electron chi connectivity index (χ4n) is 3.91. The summed E-state index contributed by atoms with van der Waals surface area (Å²) in [6.07, 6.45) is 7.91. The molecule has 1 saturated carbocycles. The zero-order valence-corrected chi connectivity index (χ0v) is 13.1. The van der Waals surface area contributed by atoms with E-state index in [0.29, 0.717) is 25.6 Å². The third-order valence-corrected chi connectivity index (χ3v) is 5.40. The van der Waals surface area contributed by atoms with Gasteiger partial charge in [0.1, 0.15) is 0 Å². The van der Waals surface area contributed by atoms with E-state index >= 15 is 0 Å². The van der Waals surface area contributed by atoms with Gasteiger partial charge in [-0.25, -0.2) is 4.79 Å². The van der Waals surface area contributed by atoms with Crippen molar-refractivity contribution < 1.29 is 9.59 Å². The standard InChI is InChI=1S/C17H22N4O2/c22-15-11-14(12-3-7-18-8-4-12)17(20-15)5-9-21(10-6-17)16(23)19-13-1-2-13/h3-4,7-8,13-14H,1-2,5-6,9-11H2,(H,19,23)(H,20,22)/t14-/m1/s1. The molecule has 3 aliphatic rings. The van der Waals surface area contributed by atoms with Gasteiger partial charge in [0, 0.05) is 43.9 Å². The zero-order chi connectivity index (χ0) is 15.9. The van der Waals surface area contributed by atoms with E-state index < -0.39 is 0 Å². The molecular formula is C17H22N4O2. The number of nitrogens with zero attached hydrogens (tertiary/aromatic N) is 2. The number of hydrogen-bond acceptors (Lipinski definition) is 3. The topological polar surface area (TPSA) is 74.3 Å². The molecule has 3 heterocycles. The molecule has 2 aliphatic heterocycles. The van der Waals surface area contributed by atoms with E-state index in [-0.39, 0.29) is 23.4 Å². The maximum absolute atomic E-state index is 12.2. The van der Waals surface area contributed by atoms with E-state index in [0.717, 1.165) is 31.2 Å². The SMILES string of the molecule is O=C1C[C@H](c2ccncc2)C2(CCN(C(=O)NC3CC3)CC2)N1. The highest BCUT2D eigenvalue weighted by Crippen LogP contribution is 2.43. The van der Waals surface area contributed by atoms with Crippen LogP contribution < -0.4 is 10.6 Å². The lowest BCUT2D eigenvalue weighted by atomic mass is 9.74. The molecule has 6 heteroatoms. The molecule has 0 bridgehead atoms. The molecule has 0 radical (unpaired) electrons. The number of aromatic nitrogens is 1. The van der Waals surface area contributed by atoms with Crippen LogP contribution in [-0.2, 0) is 4.79 Å². The van der Waals surface area contributed by atoms with E-state index in [1.165, 1.54) is 0 Å². The summed E-state index contributed by atoms with van der Waals surface area (Å²) in [6, 6.07) is 4.43. The number of nitrogens with one attached hydrogen (secondary N) is 2. The van der Waals surface area contributed by atoms with Gasteiger partial charge in [0.05, 0.1) is 5.54 Å². The second-order valence-corrected chi connectivity index (χ2v) is 6.95. The summed E-state index contributed by atoms with van der Waals surface area (Å²) >= 11 is 0. The maximum atomic E-state index is 12.2. The van der Waals surface area contributed by atoms with Crippen LogP contribution in [0.3, 0.4) is 0 Å². The first-order valence-corrected chi connectivity index (χ1v) is 8.43. The first-order valence-electron chi connectivity index (χ1n) is 8.43. The molecule has 3 fully saturated rings. The van der Waals surface area contributed by atoms with E-state index in [9.17, 15) is 9.59 Å². The average Bonchev–Trinajstić information content (AvgIpc) is 3.32. The van der Waals surface area contributed by atoms with Crippen molar-refractivity contribution in [1.82, 2.24) is 20.5 Å². The third-order valence-electron chi connectivity index (χ3n) is 5.40. The Kier molecular flexibility index (Phi) is 3.47. The smallest absolute Gasteiger partial charge is 0.317 e. The van der Waals surface area contributed by atoms with Crippen LogP contribution in [0.25, 0.3) is 0 Å². The number of carbonyl (C=O) groups excluding carboxylic acids is 2. The Morgan fingerprint density at radius 2 is 1.96 bits per heavy atom. The number of carbonyl (C=O) groups is 2. The normalized spacial score (nSPS) is 26.2. The summed E-state index contributed by atoms with van der Waals surface area (Å²) in [5.74, 6) is 0.286. The Morgan fingerprint density at radius 3 is 2.61 bits per heavy atom. The monoisotopic (exact) mass is 314 g/mol. The Morgan fingerprint density at radius 1 is 1.26 bits per heavy atom. The molecule has 2 N–H and O–H groups in total. The summed E-state index contributed by atoms with van der Waals surface area (Å²) in [5, 5.41) is 6.26. The van der Waals surface area contributed by atoms with Crippen LogP contribution in [0.5, 0.6) is 0 Å². The minimum absolute atomic E-state index is 0.0483. The second-order valence-electron chi connectivity index (χ2n) is 6.95. The summed E-state index contributed by atoms with van der Waals surface area (Å²) in [7, 11) is 0. The molecule has 0 aromatic carbocycles. The highest BCUT2D eigenvalue weighted by molar-refractivity contribution is 5.81. The molecule has 6 nitrogen and oxygen atoms in total. The van der Waals surface area contributed by atoms with E-state index in [1.807, 2.05) is 17.0 Å². The van der Waals surface area contributed by atoms with Gasteiger partial charge in [-0.05, 0) is 43.4 Å². The molecule has 1 aromatic heterocycles. The largest absolute Gasteiger partial charge is 0.350 e. The molecule has 1 atom stereocenters. The van der Waals surface area contributed by atoms with Crippen molar-refractivity contribution in [2.75, 3.05) is 13.1 Å². The quantitative estimate of drug-likeness (QED) is 0.866. The summed E-state index contributed by atoms with van der Waals surface area (Å²) in [6.45, 7) is 1.39. The number of piperidine rings is 1. The Balaban J connectivity index is 1.47. The van der Waals surface area contributed by atoms with Crippen molar-refractivity contribution >= 4 is 11.9 Å². The number of amides is 3. The van der Waals surface area contributed by atoms with Gasteiger partial charge in [-0.2, -0.15) is 0 Å². The van der Waals surface area contributed by atoms with Crippen molar-refractivity contribution in [3.63, 3.8) is 0 Å². The fraction of sp³-hybridized carbons (Fsp3) is 0.588. The van der Waals surface area contributed by atoms with Crippen molar-refractivity contribution in [3.05, 3.63) is 30.1 Å². The Hall–Kier alpha value is -2.11. The predicted octanol–water partition coefficient (Wildman–Crippen LogP) is 1.39. The summed E-state index contributed by atoms with van der Waals surface area (Å²) in [4.78, 5) is 30.2. The predicted molar refractivity (Wildman–Crippen MR) is 84.8 cm³/mol. The van der Waals surface area contributed by atoms with Crippen molar-refractivity contribution in [2.24, 2.45) is 0 Å². The van der Waals surface area contributed by atoms with Gasteiger partial charge in [0.25, 0.3) is 0 Å². The average molecular weight is 314 g/mol. The van der Waals surface area contributed by atoms with Gasteiger partial charge in [0.2, 0.25) is 5.91 Å². The van der Waals surface area contributed by atoms with Crippen LogP contribution in [0.1, 0.15) is 43.6 Å². The van der Waals surface area contributed by atoms with Crippen LogP contribution in [0, 0.1) is 0 Å². The van der Waals surface area contributed by atoms with Gasteiger partial charge in [-0.15, -0.1) is 0 Å². The summed E-state index contributed by atoms with van der Waals surface area (Å²) < 4.78 is 0. The second kappa shape index (κ2) is 5.51. The highest BCUT2D eigenvalue weighted by Gasteiger charge is 2.49. The lowest BCUT2D eigenvalue weighted by Gasteiger charge is -2.42. The molecular weight excluding hydrogens is 292 g/mol. The number of rotatable bonds is 2. The number of urea groups is 1. The van der Waals surface area contributed by atoms with E-state index in [1.54, 1.807) is 12.4 Å². The molecule has 3 amide bonds. The Bertz CT molecular complexity index is 606. The van der Waals surface area contributed by atoms with Gasteiger partial charge < -0.3 is 15.5 Å². The first kappa shape index (κ1) is 14.5. The van der Waals surface area contributed by atoms with Crippen LogP contribution in [0.15, 0.2) is 24.5 Å². The third kappa shape index (κ3) is 2.78. The molecule has 122 valence electrons. The zero-order valence-electron chi connectivity index (χ0n) is 13.1. The molecule has 4 rings (SSSR count). The van der Waals surface area contributed by atoms with E-state index in [4.69, 9.17) is 0 Å². The van der Waals surface area contributed by atoms with Crippen molar-refractivity contribution in [2.45, 2.75) is 49.6 Å². The summed E-state index contributed by atoms with van der Waals surface area (Å²) in [5.41, 5.74) is 0.948. The minimum Gasteiger partial charge on any atom is -0.350 e. The van der Waals surface area contributed by atoms with Crippen LogP contribution in [0.4, 0.5) is 4.79 Å². The van der Waals surface area contributed by atoms with Crippen LogP contribution in [0.2, 0.25) is 0 Å². The van der Waals surface area contributed by atoms with Gasteiger partial charge in [-0.3, -0.25) is 9.78 Å². The lowest BCUT2D eigenvalue weighted by Crippen LogP contribution is -2.56. The highest BCUT2D eigenvalue weighted by atomic mass is 16.2. The van der Waals surface area contributed by atoms with Crippen molar-refractivity contribution in [3.8, 4) is 0 Å². The van der Waals surface area contributed by atoms with Gasteiger partial charge in [-0.1, -0.05) is 0 Å². The number of likely N-dealkylation sites (tertiary alicyclic amines) is 1. The van der Waals surface area contributed by atoms with Gasteiger partial charge >= 0.3 is 6.03 Å². The number of pyridine rings is 1. The van der Waals surface area contributed by atoms with Gasteiger partial charge in [0.15, 0.2) is 0 Å². The molecule has 0 unspecified atom stereocenters. The maximum Gasteiger partial charge on any atom is 0.317 e. The molecule has 23 heavy (non-hydrogen) atoms. The fourth-order valence-corrected chi connectivity index (χ4v) is 3.91. The van der Waals surface area contributed by atoms with Crippen molar-refractivity contribution in [1.29, 1.82) is 0 Å². The van der Waals surface area contributed by atoms with Crippen LogP contribution >= 0.6 is 0 Å². The minimum atomic E-state index is -0.213. The molecule has 1 spiro atoms.